The van der Waals surface area contributed by atoms with Gasteiger partial charge in [-0.3, -0.25) is 10.1 Å². The smallest absolute Gasteiger partial charge is 0.270 e. The van der Waals surface area contributed by atoms with Crippen molar-refractivity contribution in [2.24, 2.45) is 0 Å². The summed E-state index contributed by atoms with van der Waals surface area (Å²) in [5.74, 6) is 0. The number of aryl methyl sites for hydroxylation is 2. The predicted octanol–water partition coefficient (Wildman–Crippen LogP) is 4.72. The first kappa shape index (κ1) is 15.0. The fourth-order valence-electron chi connectivity index (χ4n) is 2.92. The summed E-state index contributed by atoms with van der Waals surface area (Å²) >= 11 is 3.46. The highest BCUT2D eigenvalue weighted by Crippen LogP contribution is 2.36. The number of nitro benzene ring substituents is 1. The van der Waals surface area contributed by atoms with Crippen LogP contribution in [0.15, 0.2) is 46.9 Å². The van der Waals surface area contributed by atoms with Crippen molar-refractivity contribution in [1.82, 2.24) is 0 Å². The lowest BCUT2D eigenvalue weighted by Gasteiger charge is -2.28. The molecule has 0 amide bonds. The zero-order chi connectivity index (χ0) is 15.5. The number of rotatable bonds is 4. The Hall–Kier alpha value is -1.88. The molecule has 3 rings (SSSR count). The van der Waals surface area contributed by atoms with E-state index < -0.39 is 0 Å². The Morgan fingerprint density at radius 1 is 1.27 bits per heavy atom. The SMILES string of the molecule is O=[N+]([O-])c1cc(Br)c2c(c1)CCC(CCc1ccccc1)N2. The zero-order valence-electron chi connectivity index (χ0n) is 12.1. The largest absolute Gasteiger partial charge is 0.381 e. The van der Waals surface area contributed by atoms with Gasteiger partial charge in [0.25, 0.3) is 5.69 Å². The lowest BCUT2D eigenvalue weighted by atomic mass is 9.94. The third-order valence-electron chi connectivity index (χ3n) is 4.10. The van der Waals surface area contributed by atoms with E-state index in [2.05, 4.69) is 45.5 Å². The molecule has 0 aliphatic carbocycles. The molecule has 0 saturated heterocycles. The van der Waals surface area contributed by atoms with Crippen LogP contribution < -0.4 is 5.32 Å². The Morgan fingerprint density at radius 3 is 2.77 bits per heavy atom. The molecule has 4 nitrogen and oxygen atoms in total. The first-order valence-corrected chi connectivity index (χ1v) is 8.20. The van der Waals surface area contributed by atoms with Gasteiger partial charge in [-0.25, -0.2) is 0 Å². The number of nitrogens with zero attached hydrogens (tertiary/aromatic N) is 1. The van der Waals surface area contributed by atoms with Gasteiger partial charge in [-0.1, -0.05) is 30.3 Å². The maximum Gasteiger partial charge on any atom is 0.270 e. The number of benzene rings is 2. The molecule has 5 heteroatoms. The summed E-state index contributed by atoms with van der Waals surface area (Å²) in [5, 5.41) is 14.5. The molecule has 1 unspecified atom stereocenters. The van der Waals surface area contributed by atoms with E-state index in [0.717, 1.165) is 41.4 Å². The second-order valence-electron chi connectivity index (χ2n) is 5.62. The molecule has 1 aliphatic rings. The van der Waals surface area contributed by atoms with Crippen LogP contribution in [0.2, 0.25) is 0 Å². The molecule has 1 N–H and O–H groups in total. The van der Waals surface area contributed by atoms with Gasteiger partial charge in [-0.2, -0.15) is 0 Å². The van der Waals surface area contributed by atoms with Gasteiger partial charge in [0.05, 0.1) is 10.6 Å². The van der Waals surface area contributed by atoms with E-state index in [9.17, 15) is 10.1 Å². The van der Waals surface area contributed by atoms with Crippen molar-refractivity contribution in [3.63, 3.8) is 0 Å². The minimum absolute atomic E-state index is 0.148. The van der Waals surface area contributed by atoms with E-state index in [1.54, 1.807) is 12.1 Å². The minimum Gasteiger partial charge on any atom is -0.381 e. The van der Waals surface area contributed by atoms with Gasteiger partial charge in [-0.05, 0) is 52.7 Å². The fourth-order valence-corrected chi connectivity index (χ4v) is 3.52. The molecule has 0 spiro atoms. The van der Waals surface area contributed by atoms with Gasteiger partial charge < -0.3 is 5.32 Å². The summed E-state index contributed by atoms with van der Waals surface area (Å²) in [6.07, 6.45) is 3.99. The molecule has 1 heterocycles. The molecule has 2 aromatic carbocycles. The molecule has 0 bridgehead atoms. The summed E-state index contributed by atoms with van der Waals surface area (Å²) in [6, 6.07) is 14.1. The number of hydrogen-bond acceptors (Lipinski definition) is 3. The summed E-state index contributed by atoms with van der Waals surface area (Å²) in [4.78, 5) is 10.6. The fraction of sp³-hybridized carbons (Fsp3) is 0.294. The molecule has 1 aliphatic heterocycles. The van der Waals surface area contributed by atoms with E-state index in [-0.39, 0.29) is 10.6 Å². The Kier molecular flexibility index (Phi) is 4.43. The number of anilines is 1. The van der Waals surface area contributed by atoms with Gasteiger partial charge in [0.15, 0.2) is 0 Å². The van der Waals surface area contributed by atoms with Gasteiger partial charge in [0.2, 0.25) is 0 Å². The maximum absolute atomic E-state index is 10.9. The topological polar surface area (TPSA) is 55.2 Å². The normalized spacial score (nSPS) is 16.7. The van der Waals surface area contributed by atoms with E-state index in [0.29, 0.717) is 6.04 Å². The average Bonchev–Trinajstić information content (AvgIpc) is 2.54. The number of hydrogen-bond donors (Lipinski definition) is 1. The lowest BCUT2D eigenvalue weighted by Crippen LogP contribution is -2.26. The second-order valence-corrected chi connectivity index (χ2v) is 6.48. The molecule has 1 atom stereocenters. The van der Waals surface area contributed by atoms with Gasteiger partial charge in [-0.15, -0.1) is 0 Å². The molecule has 114 valence electrons. The molecule has 0 aromatic heterocycles. The summed E-state index contributed by atoms with van der Waals surface area (Å²) in [5.41, 5.74) is 3.53. The summed E-state index contributed by atoms with van der Waals surface area (Å²) in [6.45, 7) is 0. The van der Waals surface area contributed by atoms with Crippen LogP contribution in [0.5, 0.6) is 0 Å². The standard InChI is InChI=1S/C17H17BrN2O2/c18-16-11-15(20(21)22)10-13-7-9-14(19-17(13)16)8-6-12-4-2-1-3-5-12/h1-5,10-11,14,19H,6-9H2. The molecule has 22 heavy (non-hydrogen) atoms. The lowest BCUT2D eigenvalue weighted by molar-refractivity contribution is -0.385. The molecule has 0 saturated carbocycles. The molecule has 0 fully saturated rings. The summed E-state index contributed by atoms with van der Waals surface area (Å²) < 4.78 is 0.779. The highest BCUT2D eigenvalue weighted by Gasteiger charge is 2.22. The number of fused-ring (bicyclic) bond motifs is 1. The molecule has 2 aromatic rings. The Balaban J connectivity index is 1.70. The first-order valence-electron chi connectivity index (χ1n) is 7.41. The number of halogens is 1. The van der Waals surface area contributed by atoms with Crippen molar-refractivity contribution in [3.05, 3.63) is 68.2 Å². The molecular formula is C17H17BrN2O2. The van der Waals surface area contributed by atoms with Crippen molar-refractivity contribution in [3.8, 4) is 0 Å². The maximum atomic E-state index is 10.9. The van der Waals surface area contributed by atoms with Gasteiger partial charge in [0.1, 0.15) is 0 Å². The predicted molar refractivity (Wildman–Crippen MR) is 91.3 cm³/mol. The van der Waals surface area contributed by atoms with E-state index >= 15 is 0 Å². The Bertz CT molecular complexity index is 689. The first-order chi connectivity index (χ1) is 10.6. The third kappa shape index (κ3) is 3.30. The van der Waals surface area contributed by atoms with Crippen LogP contribution in [0.4, 0.5) is 11.4 Å². The van der Waals surface area contributed by atoms with Crippen LogP contribution in [0.3, 0.4) is 0 Å². The highest BCUT2D eigenvalue weighted by molar-refractivity contribution is 9.10. The van der Waals surface area contributed by atoms with Crippen molar-refractivity contribution >= 4 is 27.3 Å². The van der Waals surface area contributed by atoms with Gasteiger partial charge in [0, 0.05) is 22.6 Å². The zero-order valence-corrected chi connectivity index (χ0v) is 13.7. The van der Waals surface area contributed by atoms with E-state index in [1.807, 2.05) is 6.07 Å². The van der Waals surface area contributed by atoms with Gasteiger partial charge >= 0.3 is 0 Å². The van der Waals surface area contributed by atoms with Crippen LogP contribution in [0.1, 0.15) is 24.0 Å². The quantitative estimate of drug-likeness (QED) is 0.633. The van der Waals surface area contributed by atoms with Crippen LogP contribution in [0.25, 0.3) is 0 Å². The molecule has 0 radical (unpaired) electrons. The van der Waals surface area contributed by atoms with Crippen LogP contribution in [-0.4, -0.2) is 11.0 Å². The van der Waals surface area contributed by atoms with Crippen molar-refractivity contribution < 1.29 is 4.92 Å². The second kappa shape index (κ2) is 6.48. The van der Waals surface area contributed by atoms with Crippen molar-refractivity contribution in [1.29, 1.82) is 0 Å². The highest BCUT2D eigenvalue weighted by atomic mass is 79.9. The van der Waals surface area contributed by atoms with E-state index in [1.165, 1.54) is 5.56 Å². The number of nitro groups is 1. The Labute approximate surface area is 137 Å². The van der Waals surface area contributed by atoms with Crippen LogP contribution >= 0.6 is 15.9 Å². The minimum atomic E-state index is -0.341. The Morgan fingerprint density at radius 2 is 2.05 bits per heavy atom. The number of nitrogens with one attached hydrogen (secondary N) is 1. The third-order valence-corrected chi connectivity index (χ3v) is 4.73. The van der Waals surface area contributed by atoms with Crippen LogP contribution in [0, 0.1) is 10.1 Å². The average molecular weight is 361 g/mol. The van der Waals surface area contributed by atoms with Crippen LogP contribution in [-0.2, 0) is 12.8 Å². The summed E-state index contributed by atoms with van der Waals surface area (Å²) in [7, 11) is 0. The van der Waals surface area contributed by atoms with E-state index in [4.69, 9.17) is 0 Å². The van der Waals surface area contributed by atoms with Crippen molar-refractivity contribution in [2.45, 2.75) is 31.7 Å². The monoisotopic (exact) mass is 360 g/mol. The number of non-ortho nitro benzene ring substituents is 1. The molecular weight excluding hydrogens is 344 g/mol. The van der Waals surface area contributed by atoms with Crippen molar-refractivity contribution in [2.75, 3.05) is 5.32 Å².